The quantitative estimate of drug-likeness (QED) is 0.163. The molecule has 0 amide bonds. The lowest BCUT2D eigenvalue weighted by molar-refractivity contribution is 0.669. The van der Waals surface area contributed by atoms with E-state index < -0.39 is 0 Å². The first kappa shape index (κ1) is 34.5. The molecule has 0 bridgehead atoms. The summed E-state index contributed by atoms with van der Waals surface area (Å²) in [5.74, 6) is 1.82. The van der Waals surface area contributed by atoms with E-state index in [1.807, 2.05) is 48.5 Å². The van der Waals surface area contributed by atoms with Crippen molar-refractivity contribution in [2.45, 2.75) is 0 Å². The van der Waals surface area contributed by atoms with Crippen molar-refractivity contribution < 1.29 is 4.42 Å². The Hall–Kier alpha value is -8.41. The summed E-state index contributed by atoms with van der Waals surface area (Å²) in [6, 6.07) is 73.0. The molecule has 5 heteroatoms. The van der Waals surface area contributed by atoms with Crippen LogP contribution in [0.5, 0.6) is 0 Å². The zero-order chi connectivity index (χ0) is 40.7. The van der Waals surface area contributed by atoms with Crippen LogP contribution < -0.4 is 0 Å². The highest BCUT2D eigenvalue weighted by molar-refractivity contribution is 6.29. The molecule has 13 rings (SSSR count). The summed E-state index contributed by atoms with van der Waals surface area (Å²) >= 11 is 0. The van der Waals surface area contributed by atoms with Gasteiger partial charge in [-0.3, -0.25) is 4.57 Å². The predicted molar refractivity (Wildman–Crippen MR) is 256 cm³/mol. The lowest BCUT2D eigenvalue weighted by Gasteiger charge is -2.14. The number of furan rings is 1. The van der Waals surface area contributed by atoms with Gasteiger partial charge < -0.3 is 4.42 Å². The smallest absolute Gasteiger partial charge is 0.238 e. The van der Waals surface area contributed by atoms with E-state index in [4.69, 9.17) is 19.4 Å². The molecule has 0 fully saturated rings. The minimum Gasteiger partial charge on any atom is -0.456 e. The van der Waals surface area contributed by atoms with Crippen molar-refractivity contribution in [1.82, 2.24) is 19.5 Å². The molecule has 3 aromatic heterocycles. The van der Waals surface area contributed by atoms with Crippen LogP contribution in [0.25, 0.3) is 127 Å². The molecule has 0 atom stereocenters. The molecule has 0 saturated heterocycles. The van der Waals surface area contributed by atoms with Crippen molar-refractivity contribution >= 4 is 76.1 Å². The van der Waals surface area contributed by atoms with Crippen LogP contribution in [-0.4, -0.2) is 19.5 Å². The maximum absolute atomic E-state index is 6.19. The molecule has 5 nitrogen and oxygen atoms in total. The molecule has 0 saturated carbocycles. The lowest BCUT2D eigenvalue weighted by atomic mass is 9.91. The molecule has 13 aromatic rings. The summed E-state index contributed by atoms with van der Waals surface area (Å²) in [5, 5.41) is 11.7. The molecule has 288 valence electrons. The third-order valence-electron chi connectivity index (χ3n) is 12.4. The summed E-state index contributed by atoms with van der Waals surface area (Å²) in [6.07, 6.45) is 0. The normalized spacial score (nSPS) is 11.9. The molecule has 0 aliphatic carbocycles. The summed E-state index contributed by atoms with van der Waals surface area (Å²) in [6.45, 7) is 0. The number of fused-ring (bicyclic) bond motifs is 12. The Bertz CT molecular complexity index is 3850. The van der Waals surface area contributed by atoms with E-state index >= 15 is 0 Å². The first-order chi connectivity index (χ1) is 30.7. The Labute approximate surface area is 355 Å². The number of aromatic nitrogens is 4. The first-order valence-corrected chi connectivity index (χ1v) is 20.9. The van der Waals surface area contributed by atoms with Crippen molar-refractivity contribution in [3.63, 3.8) is 0 Å². The highest BCUT2D eigenvalue weighted by Crippen LogP contribution is 2.43. The Morgan fingerprint density at radius 3 is 1.44 bits per heavy atom. The van der Waals surface area contributed by atoms with Crippen LogP contribution in [0.3, 0.4) is 0 Å². The first-order valence-electron chi connectivity index (χ1n) is 20.9. The average Bonchev–Trinajstić information content (AvgIpc) is 3.88. The van der Waals surface area contributed by atoms with Crippen LogP contribution >= 0.6 is 0 Å². The zero-order valence-corrected chi connectivity index (χ0v) is 33.3. The zero-order valence-electron chi connectivity index (χ0n) is 33.3. The summed E-state index contributed by atoms with van der Waals surface area (Å²) in [4.78, 5) is 15.5. The van der Waals surface area contributed by atoms with E-state index in [1.165, 1.54) is 37.9 Å². The number of benzene rings is 10. The van der Waals surface area contributed by atoms with Gasteiger partial charge in [-0.15, -0.1) is 0 Å². The molecular formula is C57H34N4O. The Kier molecular flexibility index (Phi) is 7.54. The van der Waals surface area contributed by atoms with E-state index in [9.17, 15) is 0 Å². The fourth-order valence-corrected chi connectivity index (χ4v) is 9.47. The molecule has 3 heterocycles. The second-order valence-corrected chi connectivity index (χ2v) is 16.0. The van der Waals surface area contributed by atoms with Gasteiger partial charge in [-0.2, -0.15) is 9.97 Å². The van der Waals surface area contributed by atoms with E-state index in [-0.39, 0.29) is 0 Å². The topological polar surface area (TPSA) is 56.7 Å². The minimum atomic E-state index is 0.571. The van der Waals surface area contributed by atoms with Gasteiger partial charge in [0, 0.05) is 32.7 Å². The van der Waals surface area contributed by atoms with E-state index in [0.717, 1.165) is 71.6 Å². The fourth-order valence-electron chi connectivity index (χ4n) is 9.47. The van der Waals surface area contributed by atoms with Crippen LogP contribution in [-0.2, 0) is 0 Å². The van der Waals surface area contributed by atoms with Crippen molar-refractivity contribution in [3.05, 3.63) is 206 Å². The molecule has 10 aromatic carbocycles. The second-order valence-electron chi connectivity index (χ2n) is 16.0. The highest BCUT2D eigenvalue weighted by Gasteiger charge is 2.21. The molecule has 62 heavy (non-hydrogen) atoms. The van der Waals surface area contributed by atoms with E-state index in [1.54, 1.807) is 0 Å². The van der Waals surface area contributed by atoms with E-state index in [0.29, 0.717) is 17.6 Å². The molecule has 0 radical (unpaired) electrons. The lowest BCUT2D eigenvalue weighted by Crippen LogP contribution is -2.06. The third-order valence-corrected chi connectivity index (χ3v) is 12.4. The molecule has 0 aliphatic heterocycles. The van der Waals surface area contributed by atoms with Crippen LogP contribution in [0.2, 0.25) is 0 Å². The number of rotatable bonds is 5. The maximum Gasteiger partial charge on any atom is 0.238 e. The number of nitrogens with zero attached hydrogens (tertiary/aromatic N) is 4. The molecule has 0 spiro atoms. The largest absolute Gasteiger partial charge is 0.456 e. The van der Waals surface area contributed by atoms with Gasteiger partial charge in [0.25, 0.3) is 0 Å². The number of hydrogen-bond acceptors (Lipinski definition) is 4. The number of hydrogen-bond donors (Lipinski definition) is 0. The summed E-state index contributed by atoms with van der Waals surface area (Å²) < 4.78 is 8.42. The van der Waals surface area contributed by atoms with Gasteiger partial charge in [-0.05, 0) is 103 Å². The van der Waals surface area contributed by atoms with Gasteiger partial charge in [0.15, 0.2) is 11.6 Å². The van der Waals surface area contributed by atoms with Gasteiger partial charge in [0.05, 0.1) is 11.0 Å². The van der Waals surface area contributed by atoms with Gasteiger partial charge in [0.1, 0.15) is 11.2 Å². The van der Waals surface area contributed by atoms with Gasteiger partial charge in [-0.1, -0.05) is 158 Å². The van der Waals surface area contributed by atoms with Gasteiger partial charge in [0.2, 0.25) is 5.95 Å². The fraction of sp³-hybridized carbons (Fsp3) is 0. The second kappa shape index (κ2) is 13.6. The van der Waals surface area contributed by atoms with Gasteiger partial charge >= 0.3 is 0 Å². The van der Waals surface area contributed by atoms with Crippen LogP contribution in [0.15, 0.2) is 211 Å². The molecule has 0 aliphatic rings. The van der Waals surface area contributed by atoms with Gasteiger partial charge in [-0.25, -0.2) is 4.98 Å². The Morgan fingerprint density at radius 1 is 0.274 bits per heavy atom. The SMILES string of the molecule is c1ccc(-c2ccc3c(c2)c2cc4c5ccc(-c6ccc7oc8ccccc8c7c6)cc5c5ccccc5c4cc2n3-c2nc(-c3ccccc3)nc(-c3ccccc3)n2)cc1. The summed E-state index contributed by atoms with van der Waals surface area (Å²) in [7, 11) is 0. The third kappa shape index (κ3) is 5.38. The Morgan fingerprint density at radius 2 is 0.742 bits per heavy atom. The van der Waals surface area contributed by atoms with Crippen molar-refractivity contribution in [2.75, 3.05) is 0 Å². The van der Waals surface area contributed by atoms with Crippen molar-refractivity contribution in [3.8, 4) is 51.0 Å². The van der Waals surface area contributed by atoms with Crippen LogP contribution in [0.1, 0.15) is 0 Å². The molecule has 0 unspecified atom stereocenters. The molecule has 0 N–H and O–H groups in total. The molecular weight excluding hydrogens is 757 g/mol. The highest BCUT2D eigenvalue weighted by atomic mass is 16.3. The van der Waals surface area contributed by atoms with Crippen LogP contribution in [0.4, 0.5) is 0 Å². The standard InChI is InChI=1S/C57H34N4O/c1-4-14-35(15-5-1)38-25-28-51-48(31-38)49-33-46-43-27-24-39(40-26-29-54-50(32-40)44-22-12-13-23-53(44)62-54)30-45(43)41-20-10-11-21-42(41)47(46)34-52(49)61(51)57-59-55(36-16-6-2-7-17-36)58-56(60-57)37-18-8-3-9-19-37/h1-34H. The van der Waals surface area contributed by atoms with E-state index in [2.05, 4.69) is 162 Å². The van der Waals surface area contributed by atoms with Crippen molar-refractivity contribution in [2.24, 2.45) is 0 Å². The monoisotopic (exact) mass is 790 g/mol. The summed E-state index contributed by atoms with van der Waals surface area (Å²) in [5.41, 5.74) is 10.4. The maximum atomic E-state index is 6.19. The average molecular weight is 791 g/mol. The number of para-hydroxylation sites is 1. The minimum absolute atomic E-state index is 0.571. The predicted octanol–water partition coefficient (Wildman–Crippen LogP) is 15.0. The van der Waals surface area contributed by atoms with Crippen molar-refractivity contribution in [1.29, 1.82) is 0 Å². The van der Waals surface area contributed by atoms with Crippen LogP contribution in [0, 0.1) is 0 Å². The Balaban J connectivity index is 1.10.